The van der Waals surface area contributed by atoms with Crippen LogP contribution in [0.4, 0.5) is 0 Å². The molecule has 1 aliphatic rings. The van der Waals surface area contributed by atoms with Gasteiger partial charge < -0.3 is 15.0 Å². The summed E-state index contributed by atoms with van der Waals surface area (Å²) in [5.74, 6) is 0.599. The molecule has 1 N–H and O–H groups in total. The number of hydrogen-bond donors (Lipinski definition) is 1. The number of nitrogens with one attached hydrogen (secondary N) is 1. The normalized spacial score (nSPS) is 18.5. The first-order valence-corrected chi connectivity index (χ1v) is 9.80. The number of unbranched alkanes of at least 4 members (excludes halogenated alkanes) is 1. The van der Waals surface area contributed by atoms with Crippen molar-refractivity contribution in [2.75, 3.05) is 13.7 Å². The van der Waals surface area contributed by atoms with Crippen LogP contribution in [-0.4, -0.2) is 35.9 Å². The van der Waals surface area contributed by atoms with Gasteiger partial charge in [0.2, 0.25) is 5.91 Å². The third-order valence-corrected chi connectivity index (χ3v) is 5.46. The fourth-order valence-electron chi connectivity index (χ4n) is 3.70. The van der Waals surface area contributed by atoms with Crippen LogP contribution in [0.3, 0.4) is 0 Å². The Morgan fingerprint density at radius 1 is 1.18 bits per heavy atom. The SMILES string of the molecule is CCCCN1C(=O)c2ccccc2C[C@@]1(C)C(=O)NCc1ccc(OC)cc1. The molecule has 5 nitrogen and oxygen atoms in total. The number of methoxy groups -OCH3 is 1. The van der Waals surface area contributed by atoms with Crippen molar-refractivity contribution in [3.05, 3.63) is 65.2 Å². The summed E-state index contributed by atoms with van der Waals surface area (Å²) in [6.07, 6.45) is 2.36. The Bertz CT molecular complexity index is 847. The monoisotopic (exact) mass is 380 g/mol. The van der Waals surface area contributed by atoms with Crippen LogP contribution in [0.1, 0.15) is 48.2 Å². The van der Waals surface area contributed by atoms with Gasteiger partial charge in [0.05, 0.1) is 7.11 Å². The van der Waals surface area contributed by atoms with Crippen LogP contribution in [-0.2, 0) is 17.8 Å². The molecule has 0 aromatic heterocycles. The van der Waals surface area contributed by atoms with Crippen molar-refractivity contribution in [2.24, 2.45) is 0 Å². The second-order valence-electron chi connectivity index (χ2n) is 7.45. The van der Waals surface area contributed by atoms with Gasteiger partial charge in [0.15, 0.2) is 0 Å². The fraction of sp³-hybridized carbons (Fsp3) is 0.391. The minimum Gasteiger partial charge on any atom is -0.497 e. The van der Waals surface area contributed by atoms with Gasteiger partial charge in [-0.3, -0.25) is 9.59 Å². The van der Waals surface area contributed by atoms with Crippen LogP contribution in [0.15, 0.2) is 48.5 Å². The van der Waals surface area contributed by atoms with Gasteiger partial charge in [-0.1, -0.05) is 43.7 Å². The van der Waals surface area contributed by atoms with E-state index in [-0.39, 0.29) is 11.8 Å². The quantitative estimate of drug-likeness (QED) is 0.799. The largest absolute Gasteiger partial charge is 0.497 e. The Morgan fingerprint density at radius 3 is 2.57 bits per heavy atom. The van der Waals surface area contributed by atoms with Gasteiger partial charge in [-0.25, -0.2) is 0 Å². The van der Waals surface area contributed by atoms with Gasteiger partial charge in [0.1, 0.15) is 11.3 Å². The molecule has 0 saturated heterocycles. The molecule has 1 atom stereocenters. The zero-order valence-corrected chi connectivity index (χ0v) is 16.8. The van der Waals surface area contributed by atoms with E-state index in [0.717, 1.165) is 29.7 Å². The maximum absolute atomic E-state index is 13.2. The minimum absolute atomic E-state index is 0.0580. The predicted octanol–water partition coefficient (Wildman–Crippen LogP) is 3.57. The van der Waals surface area contributed by atoms with E-state index in [1.165, 1.54) is 0 Å². The lowest BCUT2D eigenvalue weighted by atomic mass is 9.82. The highest BCUT2D eigenvalue weighted by Crippen LogP contribution is 2.31. The van der Waals surface area contributed by atoms with Crippen molar-refractivity contribution in [2.45, 2.75) is 45.2 Å². The molecule has 2 aromatic carbocycles. The van der Waals surface area contributed by atoms with Gasteiger partial charge in [-0.15, -0.1) is 0 Å². The van der Waals surface area contributed by atoms with Crippen molar-refractivity contribution in [3.63, 3.8) is 0 Å². The molecular formula is C23H28N2O3. The third kappa shape index (κ3) is 3.88. The number of benzene rings is 2. The molecule has 2 amide bonds. The molecule has 2 aromatic rings. The van der Waals surface area contributed by atoms with Crippen LogP contribution in [0.25, 0.3) is 0 Å². The number of carbonyl (C=O) groups excluding carboxylic acids is 2. The summed E-state index contributed by atoms with van der Waals surface area (Å²) in [7, 11) is 1.63. The number of hydrogen-bond acceptors (Lipinski definition) is 3. The molecule has 0 fully saturated rings. The maximum atomic E-state index is 13.2. The van der Waals surface area contributed by atoms with E-state index in [2.05, 4.69) is 12.2 Å². The lowest BCUT2D eigenvalue weighted by Crippen LogP contribution is -2.62. The summed E-state index contributed by atoms with van der Waals surface area (Å²) in [6, 6.07) is 15.2. The summed E-state index contributed by atoms with van der Waals surface area (Å²) in [5.41, 5.74) is 1.73. The first-order chi connectivity index (χ1) is 13.5. The molecule has 3 rings (SSSR count). The highest BCUT2D eigenvalue weighted by molar-refractivity contribution is 6.02. The highest BCUT2D eigenvalue weighted by Gasteiger charge is 2.46. The zero-order valence-electron chi connectivity index (χ0n) is 16.8. The third-order valence-electron chi connectivity index (χ3n) is 5.46. The van der Waals surface area contributed by atoms with Gasteiger partial charge in [-0.2, -0.15) is 0 Å². The second-order valence-corrected chi connectivity index (χ2v) is 7.45. The molecule has 28 heavy (non-hydrogen) atoms. The number of nitrogens with zero attached hydrogens (tertiary/aromatic N) is 1. The Kier molecular flexibility index (Phi) is 6.02. The molecule has 0 aliphatic carbocycles. The number of ether oxygens (including phenoxy) is 1. The number of amides is 2. The van der Waals surface area contributed by atoms with Crippen molar-refractivity contribution >= 4 is 11.8 Å². The Hall–Kier alpha value is -2.82. The molecule has 0 bridgehead atoms. The van der Waals surface area contributed by atoms with E-state index in [9.17, 15) is 9.59 Å². The summed E-state index contributed by atoms with van der Waals surface area (Å²) in [6.45, 7) is 4.95. The number of fused-ring (bicyclic) bond motifs is 1. The van der Waals surface area contributed by atoms with Gasteiger partial charge in [0, 0.05) is 25.1 Å². The summed E-state index contributed by atoms with van der Waals surface area (Å²) in [5, 5.41) is 3.03. The number of rotatable bonds is 7. The van der Waals surface area contributed by atoms with E-state index in [0.29, 0.717) is 25.1 Å². The average molecular weight is 380 g/mol. The Balaban J connectivity index is 1.81. The molecule has 0 unspecified atom stereocenters. The standard InChI is InChI=1S/C23H28N2O3/c1-4-5-14-25-21(26)20-9-7-6-8-18(20)15-23(25,2)22(27)24-16-17-10-12-19(28-3)13-11-17/h6-13H,4-5,14-16H2,1-3H3,(H,24,27)/t23-/m0/s1. The lowest BCUT2D eigenvalue weighted by molar-refractivity contribution is -0.131. The van der Waals surface area contributed by atoms with Gasteiger partial charge in [0.25, 0.3) is 5.91 Å². The maximum Gasteiger partial charge on any atom is 0.255 e. The predicted molar refractivity (Wildman–Crippen MR) is 109 cm³/mol. The Labute approximate surface area is 166 Å². The molecule has 1 heterocycles. The molecular weight excluding hydrogens is 352 g/mol. The zero-order chi connectivity index (χ0) is 20.1. The van der Waals surface area contributed by atoms with Crippen molar-refractivity contribution in [3.8, 4) is 5.75 Å². The topological polar surface area (TPSA) is 58.6 Å². The molecule has 148 valence electrons. The lowest BCUT2D eigenvalue weighted by Gasteiger charge is -2.44. The summed E-state index contributed by atoms with van der Waals surface area (Å²) in [4.78, 5) is 28.1. The van der Waals surface area contributed by atoms with Crippen LogP contribution >= 0.6 is 0 Å². The van der Waals surface area contributed by atoms with Crippen molar-refractivity contribution < 1.29 is 14.3 Å². The average Bonchev–Trinajstić information content (AvgIpc) is 2.72. The first kappa shape index (κ1) is 19.9. The number of carbonyl (C=O) groups is 2. The van der Waals surface area contributed by atoms with Gasteiger partial charge in [-0.05, 0) is 42.7 Å². The minimum atomic E-state index is -0.896. The molecule has 5 heteroatoms. The van der Waals surface area contributed by atoms with E-state index < -0.39 is 5.54 Å². The van der Waals surface area contributed by atoms with Crippen LogP contribution in [0.5, 0.6) is 5.75 Å². The molecule has 0 radical (unpaired) electrons. The fourth-order valence-corrected chi connectivity index (χ4v) is 3.70. The molecule has 0 saturated carbocycles. The van der Waals surface area contributed by atoms with Crippen LogP contribution in [0.2, 0.25) is 0 Å². The van der Waals surface area contributed by atoms with Gasteiger partial charge >= 0.3 is 0 Å². The summed E-state index contributed by atoms with van der Waals surface area (Å²) >= 11 is 0. The molecule has 0 spiro atoms. The Morgan fingerprint density at radius 2 is 1.89 bits per heavy atom. The van der Waals surface area contributed by atoms with E-state index in [4.69, 9.17) is 4.74 Å². The second kappa shape index (κ2) is 8.46. The van der Waals surface area contributed by atoms with E-state index in [1.807, 2.05) is 55.5 Å². The first-order valence-electron chi connectivity index (χ1n) is 9.80. The van der Waals surface area contributed by atoms with Crippen molar-refractivity contribution in [1.82, 2.24) is 10.2 Å². The van der Waals surface area contributed by atoms with Crippen LogP contribution < -0.4 is 10.1 Å². The summed E-state index contributed by atoms with van der Waals surface area (Å²) < 4.78 is 5.17. The highest BCUT2D eigenvalue weighted by atomic mass is 16.5. The van der Waals surface area contributed by atoms with E-state index in [1.54, 1.807) is 12.0 Å². The van der Waals surface area contributed by atoms with E-state index >= 15 is 0 Å². The molecule has 1 aliphatic heterocycles. The van der Waals surface area contributed by atoms with Crippen molar-refractivity contribution in [1.29, 1.82) is 0 Å². The smallest absolute Gasteiger partial charge is 0.255 e. The van der Waals surface area contributed by atoms with Crippen LogP contribution in [0, 0.1) is 0 Å².